The summed E-state index contributed by atoms with van der Waals surface area (Å²) in [6.45, 7) is 1.65. The number of nitrogens with one attached hydrogen (secondary N) is 1. The Hall–Kier alpha value is -2.08. The van der Waals surface area contributed by atoms with Crippen LogP contribution in [0, 0.1) is 5.92 Å². The normalized spacial score (nSPS) is 24.7. The lowest BCUT2D eigenvalue weighted by Crippen LogP contribution is -2.37. The Morgan fingerprint density at radius 1 is 1.36 bits per heavy atom. The zero-order chi connectivity index (χ0) is 15.5. The van der Waals surface area contributed by atoms with E-state index in [2.05, 4.69) is 5.32 Å². The van der Waals surface area contributed by atoms with Gasteiger partial charge in [-0.2, -0.15) is 0 Å². The first kappa shape index (κ1) is 14.8. The quantitative estimate of drug-likeness (QED) is 0.871. The predicted molar refractivity (Wildman–Crippen MR) is 80.6 cm³/mol. The molecule has 6 nitrogen and oxygen atoms in total. The molecule has 22 heavy (non-hydrogen) atoms. The van der Waals surface area contributed by atoms with E-state index in [9.17, 15) is 14.7 Å². The van der Waals surface area contributed by atoms with Gasteiger partial charge in [-0.1, -0.05) is 0 Å². The lowest BCUT2D eigenvalue weighted by molar-refractivity contribution is -0.126. The van der Waals surface area contributed by atoms with E-state index in [1.807, 2.05) is 0 Å². The van der Waals surface area contributed by atoms with Crippen molar-refractivity contribution in [2.75, 3.05) is 24.6 Å². The van der Waals surface area contributed by atoms with Crippen molar-refractivity contribution in [3.8, 4) is 5.75 Å². The van der Waals surface area contributed by atoms with Gasteiger partial charge in [-0.15, -0.1) is 0 Å². The molecule has 0 unspecified atom stereocenters. The Kier molecular flexibility index (Phi) is 4.29. The van der Waals surface area contributed by atoms with Crippen LogP contribution in [0.5, 0.6) is 5.75 Å². The summed E-state index contributed by atoms with van der Waals surface area (Å²) in [7, 11) is 0. The first-order valence-electron chi connectivity index (χ1n) is 7.62. The van der Waals surface area contributed by atoms with E-state index >= 15 is 0 Å². The van der Waals surface area contributed by atoms with Crippen molar-refractivity contribution < 1.29 is 19.4 Å². The van der Waals surface area contributed by atoms with Crippen LogP contribution in [-0.2, 0) is 14.3 Å². The Morgan fingerprint density at radius 3 is 2.82 bits per heavy atom. The van der Waals surface area contributed by atoms with Gasteiger partial charge in [0.15, 0.2) is 0 Å². The third kappa shape index (κ3) is 3.22. The van der Waals surface area contributed by atoms with Gasteiger partial charge in [-0.25, -0.2) is 0 Å². The first-order chi connectivity index (χ1) is 10.6. The number of hydrogen-bond donors (Lipinski definition) is 2. The summed E-state index contributed by atoms with van der Waals surface area (Å²) in [5.74, 6) is -0.336. The molecule has 0 bridgehead atoms. The van der Waals surface area contributed by atoms with Gasteiger partial charge in [0.05, 0.1) is 12.0 Å². The molecule has 2 amide bonds. The van der Waals surface area contributed by atoms with Gasteiger partial charge in [-0.05, 0) is 37.1 Å². The van der Waals surface area contributed by atoms with E-state index in [0.717, 1.165) is 19.4 Å². The molecule has 2 aliphatic rings. The topological polar surface area (TPSA) is 78.9 Å². The van der Waals surface area contributed by atoms with Gasteiger partial charge in [0.1, 0.15) is 5.75 Å². The third-order valence-corrected chi connectivity index (χ3v) is 4.19. The molecule has 2 fully saturated rings. The summed E-state index contributed by atoms with van der Waals surface area (Å²) >= 11 is 0. The van der Waals surface area contributed by atoms with Crippen LogP contribution in [0.4, 0.5) is 5.69 Å². The number of hydrogen-bond acceptors (Lipinski definition) is 4. The average Bonchev–Trinajstić information content (AvgIpc) is 3.15. The maximum absolute atomic E-state index is 12.2. The van der Waals surface area contributed by atoms with Crippen LogP contribution >= 0.6 is 0 Å². The van der Waals surface area contributed by atoms with Crippen LogP contribution in [0.25, 0.3) is 0 Å². The van der Waals surface area contributed by atoms with E-state index in [-0.39, 0.29) is 36.0 Å². The molecule has 118 valence electrons. The zero-order valence-corrected chi connectivity index (χ0v) is 12.3. The number of benzene rings is 1. The molecule has 3 rings (SSSR count). The average molecular weight is 304 g/mol. The second-order valence-electron chi connectivity index (χ2n) is 5.80. The summed E-state index contributed by atoms with van der Waals surface area (Å²) in [5, 5.41) is 12.2. The smallest absolute Gasteiger partial charge is 0.227 e. The largest absolute Gasteiger partial charge is 0.508 e. The second kappa shape index (κ2) is 6.36. The highest BCUT2D eigenvalue weighted by Crippen LogP contribution is 2.26. The molecule has 0 aliphatic carbocycles. The standard InChI is InChI=1S/C16H20N2O4/c19-13-5-3-12(4-6-13)18-10-11(8-15(18)20)16(21)17-9-14-2-1-7-22-14/h3-6,11,14,19H,1-2,7-10H2,(H,17,21)/t11-,14+/m1/s1. The molecule has 0 saturated carbocycles. The number of phenolic OH excluding ortho intramolecular Hbond substituents is 1. The minimum absolute atomic E-state index is 0.0667. The minimum Gasteiger partial charge on any atom is -0.508 e. The third-order valence-electron chi connectivity index (χ3n) is 4.19. The van der Waals surface area contributed by atoms with Crippen LogP contribution in [-0.4, -0.2) is 42.7 Å². The number of ether oxygens (including phenoxy) is 1. The van der Waals surface area contributed by atoms with E-state index in [1.54, 1.807) is 17.0 Å². The van der Waals surface area contributed by atoms with Crippen LogP contribution in [0.3, 0.4) is 0 Å². The van der Waals surface area contributed by atoms with E-state index in [4.69, 9.17) is 4.74 Å². The SMILES string of the molecule is O=C(NC[C@@H]1CCCO1)[C@@H]1CC(=O)N(c2ccc(O)cc2)C1. The molecule has 0 aromatic heterocycles. The van der Waals surface area contributed by atoms with Gasteiger partial charge in [0, 0.05) is 31.8 Å². The monoisotopic (exact) mass is 304 g/mol. The number of aromatic hydroxyl groups is 1. The lowest BCUT2D eigenvalue weighted by atomic mass is 10.1. The van der Waals surface area contributed by atoms with Crippen molar-refractivity contribution >= 4 is 17.5 Å². The predicted octanol–water partition coefficient (Wildman–Crippen LogP) is 1.04. The molecule has 1 aromatic rings. The molecule has 6 heteroatoms. The fourth-order valence-corrected chi connectivity index (χ4v) is 2.93. The maximum Gasteiger partial charge on any atom is 0.227 e. The van der Waals surface area contributed by atoms with Crippen molar-refractivity contribution in [2.45, 2.75) is 25.4 Å². The zero-order valence-electron chi connectivity index (χ0n) is 12.3. The highest BCUT2D eigenvalue weighted by atomic mass is 16.5. The Morgan fingerprint density at radius 2 is 2.14 bits per heavy atom. The summed E-state index contributed by atoms with van der Waals surface area (Å²) in [6.07, 6.45) is 2.34. The molecular formula is C16H20N2O4. The van der Waals surface area contributed by atoms with Gasteiger partial charge in [0.2, 0.25) is 11.8 Å². The molecule has 2 saturated heterocycles. The van der Waals surface area contributed by atoms with Crippen molar-refractivity contribution in [3.63, 3.8) is 0 Å². The van der Waals surface area contributed by atoms with Crippen LogP contribution in [0.2, 0.25) is 0 Å². The van der Waals surface area contributed by atoms with Crippen molar-refractivity contribution in [1.82, 2.24) is 5.32 Å². The maximum atomic E-state index is 12.2. The Labute approximate surface area is 129 Å². The number of carbonyl (C=O) groups is 2. The molecule has 2 aliphatic heterocycles. The summed E-state index contributed by atoms with van der Waals surface area (Å²) in [6, 6.07) is 6.43. The minimum atomic E-state index is -0.331. The van der Waals surface area contributed by atoms with Crippen molar-refractivity contribution in [1.29, 1.82) is 0 Å². The molecule has 0 spiro atoms. The Bertz CT molecular complexity index is 552. The summed E-state index contributed by atoms with van der Waals surface area (Å²) in [5.41, 5.74) is 0.706. The van der Waals surface area contributed by atoms with Crippen LogP contribution in [0.15, 0.2) is 24.3 Å². The summed E-state index contributed by atoms with van der Waals surface area (Å²) in [4.78, 5) is 25.9. The van der Waals surface area contributed by atoms with Crippen molar-refractivity contribution in [2.24, 2.45) is 5.92 Å². The van der Waals surface area contributed by atoms with Crippen molar-refractivity contribution in [3.05, 3.63) is 24.3 Å². The highest BCUT2D eigenvalue weighted by molar-refractivity contribution is 6.00. The Balaban J connectivity index is 1.56. The van der Waals surface area contributed by atoms with Crippen LogP contribution in [0.1, 0.15) is 19.3 Å². The highest BCUT2D eigenvalue weighted by Gasteiger charge is 2.35. The molecule has 0 radical (unpaired) electrons. The van der Waals surface area contributed by atoms with Gasteiger partial charge in [0.25, 0.3) is 0 Å². The fraction of sp³-hybridized carbons (Fsp3) is 0.500. The summed E-state index contributed by atoms with van der Waals surface area (Å²) < 4.78 is 5.47. The molecular weight excluding hydrogens is 284 g/mol. The van der Waals surface area contributed by atoms with E-state index in [1.165, 1.54) is 12.1 Å². The number of phenols is 1. The van der Waals surface area contributed by atoms with E-state index in [0.29, 0.717) is 18.8 Å². The molecule has 1 aromatic carbocycles. The van der Waals surface area contributed by atoms with Gasteiger partial charge in [-0.3, -0.25) is 9.59 Å². The second-order valence-corrected chi connectivity index (χ2v) is 5.80. The van der Waals surface area contributed by atoms with E-state index < -0.39 is 0 Å². The van der Waals surface area contributed by atoms with Gasteiger partial charge >= 0.3 is 0 Å². The molecule has 2 atom stereocenters. The number of carbonyl (C=O) groups excluding carboxylic acids is 2. The fourth-order valence-electron chi connectivity index (χ4n) is 2.93. The lowest BCUT2D eigenvalue weighted by Gasteiger charge is -2.17. The molecule has 2 N–H and O–H groups in total. The number of rotatable bonds is 4. The number of anilines is 1. The molecule has 2 heterocycles. The first-order valence-corrected chi connectivity index (χ1v) is 7.62. The van der Waals surface area contributed by atoms with Gasteiger partial charge < -0.3 is 20.1 Å². The number of amides is 2. The number of nitrogens with zero attached hydrogens (tertiary/aromatic N) is 1. The van der Waals surface area contributed by atoms with Crippen LogP contribution < -0.4 is 10.2 Å².